The molecule has 20 heavy (non-hydrogen) atoms. The van der Waals surface area contributed by atoms with Crippen LogP contribution in [0.25, 0.3) is 0 Å². The van der Waals surface area contributed by atoms with Crippen LogP contribution in [0.4, 0.5) is 0 Å². The van der Waals surface area contributed by atoms with E-state index in [1.165, 1.54) is 18.2 Å². The van der Waals surface area contributed by atoms with Gasteiger partial charge in [-0.2, -0.15) is 4.31 Å². The van der Waals surface area contributed by atoms with Crippen LogP contribution in [0.2, 0.25) is 10.0 Å². The zero-order chi connectivity index (χ0) is 15.1. The van der Waals surface area contributed by atoms with Crippen molar-refractivity contribution < 1.29 is 16.8 Å². The zero-order valence-electron chi connectivity index (χ0n) is 10.2. The lowest BCUT2D eigenvalue weighted by Gasteiger charge is -2.18. The topological polar surface area (TPSA) is 97.5 Å². The lowest BCUT2D eigenvalue weighted by molar-refractivity contribution is 0.477. The summed E-state index contributed by atoms with van der Waals surface area (Å²) >= 11 is 11.8. The van der Waals surface area contributed by atoms with Crippen molar-refractivity contribution in [1.82, 2.24) is 4.31 Å². The molecule has 10 heteroatoms. The first-order chi connectivity index (χ1) is 9.14. The zero-order valence-corrected chi connectivity index (χ0v) is 13.3. The summed E-state index contributed by atoms with van der Waals surface area (Å²) in [4.78, 5) is -0.210. The molecule has 1 heterocycles. The van der Waals surface area contributed by atoms with E-state index in [0.29, 0.717) is 0 Å². The van der Waals surface area contributed by atoms with Crippen LogP contribution in [0.5, 0.6) is 0 Å². The van der Waals surface area contributed by atoms with Crippen LogP contribution in [0, 0.1) is 0 Å². The number of rotatable bonds is 3. The molecule has 1 aliphatic rings. The molecule has 0 radical (unpaired) electrons. The molecule has 0 bridgehead atoms. The number of hydrogen-bond donors (Lipinski definition) is 1. The van der Waals surface area contributed by atoms with Gasteiger partial charge in [-0.05, 0) is 18.6 Å². The molecule has 1 atom stereocenters. The van der Waals surface area contributed by atoms with Crippen LogP contribution >= 0.6 is 23.2 Å². The molecule has 0 amide bonds. The van der Waals surface area contributed by atoms with Crippen LogP contribution in [0.3, 0.4) is 0 Å². The Balaban J connectivity index is 2.39. The maximum Gasteiger partial charge on any atom is 0.246 e. The summed E-state index contributed by atoms with van der Waals surface area (Å²) in [6.45, 7) is -0.131. The Labute approximate surface area is 127 Å². The summed E-state index contributed by atoms with van der Waals surface area (Å²) in [7, 11) is -7.71. The standard InChI is InChI=1S/C10H12Cl2N2O4S2/c11-8-2-1-3-9(12)10(8)20(17,18)14-5-4-7(6-14)19(13,15)16/h1-3,7H,4-6H2,(H2,13,15,16)/t7-/m0/s1. The number of hydrogen-bond acceptors (Lipinski definition) is 4. The van der Waals surface area contributed by atoms with Gasteiger partial charge >= 0.3 is 0 Å². The van der Waals surface area contributed by atoms with Crippen molar-refractivity contribution >= 4 is 43.2 Å². The molecule has 0 aliphatic carbocycles. The van der Waals surface area contributed by atoms with Crippen LogP contribution in [-0.4, -0.2) is 39.5 Å². The Kier molecular flexibility index (Phi) is 4.35. The largest absolute Gasteiger partial charge is 0.246 e. The second-order valence-corrected chi connectivity index (χ2v) is 8.95. The van der Waals surface area contributed by atoms with Gasteiger partial charge in [-0.1, -0.05) is 29.3 Å². The molecule has 6 nitrogen and oxygen atoms in total. The van der Waals surface area contributed by atoms with Gasteiger partial charge in [0.25, 0.3) is 0 Å². The van der Waals surface area contributed by atoms with E-state index in [1.54, 1.807) is 0 Å². The van der Waals surface area contributed by atoms with E-state index >= 15 is 0 Å². The summed E-state index contributed by atoms with van der Waals surface area (Å²) in [5.41, 5.74) is 0. The van der Waals surface area contributed by atoms with E-state index in [-0.39, 0.29) is 34.5 Å². The van der Waals surface area contributed by atoms with Crippen LogP contribution in [0.1, 0.15) is 6.42 Å². The fourth-order valence-corrected chi connectivity index (χ4v) is 5.55. The second kappa shape index (κ2) is 5.43. The summed E-state index contributed by atoms with van der Waals surface area (Å²) in [5, 5.41) is 4.13. The third kappa shape index (κ3) is 2.95. The minimum absolute atomic E-state index is 0.00319. The predicted molar refractivity (Wildman–Crippen MR) is 76.7 cm³/mol. The van der Waals surface area contributed by atoms with Gasteiger partial charge in [0.1, 0.15) is 4.90 Å². The maximum atomic E-state index is 12.5. The third-order valence-corrected chi connectivity index (χ3v) is 7.22. The van der Waals surface area contributed by atoms with Gasteiger partial charge in [0, 0.05) is 13.1 Å². The lowest BCUT2D eigenvalue weighted by atomic mass is 10.4. The number of primary sulfonamides is 1. The minimum Gasteiger partial charge on any atom is -0.228 e. The SMILES string of the molecule is NS(=O)(=O)[C@H]1CCN(S(=O)(=O)c2c(Cl)cccc2Cl)C1. The quantitative estimate of drug-likeness (QED) is 0.872. The van der Waals surface area contributed by atoms with E-state index in [9.17, 15) is 16.8 Å². The summed E-state index contributed by atoms with van der Waals surface area (Å²) in [6, 6.07) is 4.35. The molecule has 0 unspecified atom stereocenters. The van der Waals surface area contributed by atoms with Gasteiger partial charge in [-0.3, -0.25) is 0 Å². The van der Waals surface area contributed by atoms with Crippen LogP contribution < -0.4 is 5.14 Å². The highest BCUT2D eigenvalue weighted by Gasteiger charge is 2.38. The average molecular weight is 359 g/mol. The van der Waals surface area contributed by atoms with Crippen molar-refractivity contribution in [3.8, 4) is 0 Å². The van der Waals surface area contributed by atoms with Crippen molar-refractivity contribution in [2.45, 2.75) is 16.6 Å². The maximum absolute atomic E-state index is 12.5. The van der Waals surface area contributed by atoms with Gasteiger partial charge in [-0.25, -0.2) is 22.0 Å². The first-order valence-corrected chi connectivity index (χ1v) is 9.40. The van der Waals surface area contributed by atoms with Crippen molar-refractivity contribution in [2.75, 3.05) is 13.1 Å². The molecule has 0 saturated carbocycles. The van der Waals surface area contributed by atoms with Crippen molar-refractivity contribution in [3.05, 3.63) is 28.2 Å². The summed E-state index contributed by atoms with van der Waals surface area (Å²) in [5.74, 6) is 0. The van der Waals surface area contributed by atoms with Crippen molar-refractivity contribution in [1.29, 1.82) is 0 Å². The van der Waals surface area contributed by atoms with Gasteiger partial charge in [-0.15, -0.1) is 0 Å². The Morgan fingerprint density at radius 1 is 1.15 bits per heavy atom. The van der Waals surface area contributed by atoms with Crippen LogP contribution in [0.15, 0.2) is 23.1 Å². The highest BCUT2D eigenvalue weighted by atomic mass is 35.5. The van der Waals surface area contributed by atoms with E-state index < -0.39 is 25.3 Å². The van der Waals surface area contributed by atoms with E-state index in [1.807, 2.05) is 0 Å². The fraction of sp³-hybridized carbons (Fsp3) is 0.400. The predicted octanol–water partition coefficient (Wildman–Crippen LogP) is 1.04. The molecular formula is C10H12Cl2N2O4S2. The number of benzene rings is 1. The molecule has 1 aliphatic heterocycles. The fourth-order valence-electron chi connectivity index (χ4n) is 2.04. The smallest absolute Gasteiger partial charge is 0.228 e. The number of halogens is 2. The monoisotopic (exact) mass is 358 g/mol. The van der Waals surface area contributed by atoms with E-state index in [2.05, 4.69) is 0 Å². The molecular weight excluding hydrogens is 347 g/mol. The Morgan fingerprint density at radius 3 is 2.15 bits per heavy atom. The molecule has 1 fully saturated rings. The molecule has 1 aromatic rings. The molecule has 0 spiro atoms. The highest BCUT2D eigenvalue weighted by molar-refractivity contribution is 7.90. The molecule has 0 aromatic heterocycles. The number of sulfonamides is 2. The van der Waals surface area contributed by atoms with Crippen LogP contribution in [-0.2, 0) is 20.0 Å². The van der Waals surface area contributed by atoms with E-state index in [4.69, 9.17) is 28.3 Å². The Morgan fingerprint density at radius 2 is 1.70 bits per heavy atom. The third-order valence-electron chi connectivity index (χ3n) is 3.09. The highest BCUT2D eigenvalue weighted by Crippen LogP contribution is 2.33. The molecule has 1 aromatic carbocycles. The van der Waals surface area contributed by atoms with Gasteiger partial charge in [0.2, 0.25) is 20.0 Å². The van der Waals surface area contributed by atoms with Gasteiger partial charge in [0.15, 0.2) is 0 Å². The Bertz CT molecular complexity index is 713. The molecule has 1 saturated heterocycles. The van der Waals surface area contributed by atoms with E-state index in [0.717, 1.165) is 4.31 Å². The summed E-state index contributed by atoms with van der Waals surface area (Å²) in [6.07, 6.45) is 0.153. The van der Waals surface area contributed by atoms with Gasteiger partial charge < -0.3 is 0 Å². The molecule has 2 rings (SSSR count). The second-order valence-electron chi connectivity index (χ2n) is 4.41. The normalized spacial score (nSPS) is 21.2. The van der Waals surface area contributed by atoms with Crippen molar-refractivity contribution in [3.63, 3.8) is 0 Å². The first-order valence-electron chi connectivity index (χ1n) is 5.60. The number of nitrogens with two attached hydrogens (primary N) is 1. The van der Waals surface area contributed by atoms with Crippen molar-refractivity contribution in [2.24, 2.45) is 5.14 Å². The Hall–Kier alpha value is -0.380. The molecule has 112 valence electrons. The lowest BCUT2D eigenvalue weighted by Crippen LogP contribution is -2.34. The molecule has 2 N–H and O–H groups in total. The first kappa shape index (κ1) is 16.0. The number of nitrogens with zero attached hydrogens (tertiary/aromatic N) is 1. The minimum atomic E-state index is -3.94. The average Bonchev–Trinajstić information content (AvgIpc) is 2.77. The van der Waals surface area contributed by atoms with Gasteiger partial charge in [0.05, 0.1) is 15.3 Å². The summed E-state index contributed by atoms with van der Waals surface area (Å²) < 4.78 is 48.5.